The van der Waals surface area contributed by atoms with Gasteiger partial charge in [0.2, 0.25) is 46.3 Å². The number of phenols is 1. The van der Waals surface area contributed by atoms with Crippen molar-refractivity contribution >= 4 is 75.9 Å². The Morgan fingerprint density at radius 2 is 1.52 bits per heavy atom. The van der Waals surface area contributed by atoms with Crippen molar-refractivity contribution in [1.29, 1.82) is 0 Å². The molecule has 0 aliphatic carbocycles. The molecule has 90 heavy (non-hydrogen) atoms. The molecule has 0 bridgehead atoms. The Hall–Kier alpha value is -7.09. The van der Waals surface area contributed by atoms with Gasteiger partial charge in [-0.15, -0.1) is 4.33 Å². The third-order valence-electron chi connectivity index (χ3n) is 15.2. The van der Waals surface area contributed by atoms with Gasteiger partial charge >= 0.3 is 29.6 Å². The molecule has 3 aliphatic rings. The molecule has 8 rings (SSSR count). The molecule has 2 aromatic heterocycles. The summed E-state index contributed by atoms with van der Waals surface area (Å²) in [6, 6.07) is 5.36. The smallest absolute Gasteiger partial charge is 0.691 e. The van der Waals surface area contributed by atoms with Crippen molar-refractivity contribution in [2.75, 3.05) is 26.2 Å². The number of carbonyl (C=O) groups excluding carboxylic acids is 8. The van der Waals surface area contributed by atoms with Crippen molar-refractivity contribution in [3.8, 4) is 39.1 Å². The summed E-state index contributed by atoms with van der Waals surface area (Å²) in [5.41, 5.74) is 7.43. The summed E-state index contributed by atoms with van der Waals surface area (Å²) in [5, 5.41) is 109. The molecule has 13 atom stereocenters. The maximum absolute atomic E-state index is 14.7. The number of aromatic nitrogens is 3. The summed E-state index contributed by atoms with van der Waals surface area (Å²) in [5.74, 6) is -10.4. The number of benzene rings is 3. The molecule has 12 unspecified atom stereocenters. The van der Waals surface area contributed by atoms with E-state index in [1.54, 1.807) is 22.8 Å². The third kappa shape index (κ3) is 17.3. The number of ether oxygens (including phenoxy) is 1. The summed E-state index contributed by atoms with van der Waals surface area (Å²) >= 11 is 1.35. The molecular weight excluding hydrogens is 1230 g/mol. The van der Waals surface area contributed by atoms with Crippen molar-refractivity contribution in [2.24, 2.45) is 11.7 Å². The van der Waals surface area contributed by atoms with Crippen LogP contribution >= 0.6 is 23.7 Å². The van der Waals surface area contributed by atoms with Crippen molar-refractivity contribution < 1.29 is 127 Å². The molecule has 31 nitrogen and oxygen atoms in total. The molecule has 0 saturated carbocycles. The largest absolute Gasteiger partial charge is 1.00 e. The number of imidazole rings is 1. The van der Waals surface area contributed by atoms with Crippen LogP contribution in [-0.2, 0) is 49.4 Å². The predicted molar refractivity (Wildman–Crippen MR) is 309 cm³/mol. The minimum Gasteiger partial charge on any atom is -0.691 e. The van der Waals surface area contributed by atoms with Crippen molar-refractivity contribution in [3.63, 3.8) is 0 Å². The summed E-state index contributed by atoms with van der Waals surface area (Å²) in [7, 11) is 0. The van der Waals surface area contributed by atoms with Crippen molar-refractivity contribution in [2.45, 2.75) is 132 Å². The van der Waals surface area contributed by atoms with Crippen LogP contribution in [0, 0.1) is 5.92 Å². The van der Waals surface area contributed by atoms with Crippen LogP contribution in [0.2, 0.25) is 0 Å². The van der Waals surface area contributed by atoms with Gasteiger partial charge in [-0.1, -0.05) is 49.8 Å². The number of phenolic OH excluding ortho intramolecular Hbond substituents is 1. The molecule has 3 saturated heterocycles. The summed E-state index contributed by atoms with van der Waals surface area (Å²) in [6.45, 7) is 3.54. The average molecular weight is 1300 g/mol. The fraction of sp³-hybridized carbons (Fsp3) is 0.464. The topological polar surface area (TPSA) is 461 Å². The minimum absolute atomic E-state index is 0. The average Bonchev–Trinajstić information content (AvgIpc) is 1.77. The molecule has 3 aromatic carbocycles. The zero-order valence-electron chi connectivity index (χ0n) is 49.1. The van der Waals surface area contributed by atoms with E-state index in [1.807, 2.05) is 24.3 Å². The molecule has 3 aliphatic heterocycles. The summed E-state index contributed by atoms with van der Waals surface area (Å²) in [4.78, 5) is 120. The normalized spacial score (nSPS) is 24.9. The number of hydrogen-bond donors (Lipinski definition) is 13. The Labute approximate surface area is 544 Å². The van der Waals surface area contributed by atoms with E-state index in [-0.39, 0.29) is 58.8 Å². The number of nitrogens with two attached hydrogens (primary N) is 1. The third-order valence-corrected chi connectivity index (χ3v) is 16.5. The van der Waals surface area contributed by atoms with E-state index >= 15 is 0 Å². The Morgan fingerprint density at radius 1 is 0.844 bits per heavy atom. The molecule has 5 heterocycles. The Bertz CT molecular complexity index is 3330. The van der Waals surface area contributed by atoms with Crippen LogP contribution in [0.5, 0.6) is 17.2 Å². The van der Waals surface area contributed by atoms with Crippen LogP contribution in [0.4, 0.5) is 0 Å². The number of fused-ring (bicyclic) bond motifs is 3. The van der Waals surface area contributed by atoms with E-state index in [0.717, 1.165) is 53.0 Å². The molecule has 8 amide bonds. The van der Waals surface area contributed by atoms with Gasteiger partial charge in [-0.2, -0.15) is 5.10 Å². The van der Waals surface area contributed by atoms with Gasteiger partial charge in [0.25, 0.3) is 18.2 Å². The number of nitrogens with one attached hydrogen (secondary N) is 5. The van der Waals surface area contributed by atoms with E-state index in [4.69, 9.17) is 19.6 Å². The van der Waals surface area contributed by atoms with Crippen LogP contribution in [-0.4, -0.2) is 207 Å². The van der Waals surface area contributed by atoms with Crippen LogP contribution in [0.3, 0.4) is 0 Å². The van der Waals surface area contributed by atoms with Gasteiger partial charge in [-0.3, -0.25) is 43.4 Å². The molecule has 3 fully saturated rings. The second-order valence-corrected chi connectivity index (χ2v) is 23.2. The first-order valence-electron chi connectivity index (χ1n) is 28.2. The van der Waals surface area contributed by atoms with Crippen LogP contribution in [0.1, 0.15) is 68.8 Å². The summed E-state index contributed by atoms with van der Waals surface area (Å²) in [6.07, 6.45) is -10.0. The molecule has 5 aromatic rings. The second-order valence-electron chi connectivity index (χ2n) is 21.8. The van der Waals surface area contributed by atoms with Crippen molar-refractivity contribution in [1.82, 2.24) is 51.0 Å². The van der Waals surface area contributed by atoms with Gasteiger partial charge in [0.15, 0.2) is 11.5 Å². The first-order chi connectivity index (χ1) is 42.4. The molecule has 14 N–H and O–H groups in total. The molecule has 34 heteroatoms. The number of aliphatic hydroxyl groups excluding tert-OH is 6. The Balaban J connectivity index is 0.0000115. The maximum atomic E-state index is 14.7. The monoisotopic (exact) mass is 1300 g/mol. The molecular formula is C56H68N11NaO20S2. The standard InChI is InChI=1S/C56H69N11O20S2.Na/c1-4-5-16-84-34-13-11-31(12-14-34)53-64-67-25-36(60-56(67)88-53)29-7-9-30(10-8-29)48(76)59-35-19-32(69)22-58-52(80)46-47(75)26(2)23-66(46)55(82)45(40(73)21-42(57)74)63-51(79)44(39(72)17-28-6-15-38(71)41(18-28)85-89-87-86-83)62-50(78)37-20-33(70)24-65(37)54(81)43(27(3)68)61-49(35)77;/h6-15,18,25-27,32-33,35,37,39-40,43-47,68-73,75,83H,4-5,16-17,19-24H2,1-3H3,(H2,57,74)(H,58,80)(H,59,76)(H,61,77)(H,62,78)(H,63,79);/q;+1/p-1/t26?,27?,32?,33?,35-,37?,39?,40?,43?,44?,45?,46?,47?;/m0./s1. The van der Waals surface area contributed by atoms with Crippen LogP contribution in [0.25, 0.3) is 26.8 Å². The van der Waals surface area contributed by atoms with Gasteiger partial charge < -0.3 is 92.0 Å². The van der Waals surface area contributed by atoms with Gasteiger partial charge in [0.05, 0.1) is 61.5 Å². The van der Waals surface area contributed by atoms with E-state index < -0.39 is 177 Å². The number of carbonyl (C=O) groups is 8. The number of primary amides is 1. The van der Waals surface area contributed by atoms with Crippen LogP contribution in [0.15, 0.2) is 72.9 Å². The van der Waals surface area contributed by atoms with E-state index in [0.29, 0.717) is 27.8 Å². The number of rotatable bonds is 19. The predicted octanol–water partition coefficient (Wildman–Crippen LogP) is -6.00. The number of amides is 8. The Kier molecular flexibility index (Phi) is 24.8. The van der Waals surface area contributed by atoms with E-state index in [1.165, 1.54) is 36.5 Å². The number of hydrogen-bond acceptors (Lipinski definition) is 24. The van der Waals surface area contributed by atoms with Gasteiger partial charge in [0.1, 0.15) is 47.0 Å². The number of aromatic hydroxyl groups is 1. The summed E-state index contributed by atoms with van der Waals surface area (Å²) < 4.78 is 16.5. The SMILES string of the molecule is CCCCOc1ccc(-c2nn3cc(-c4ccc(C(=O)N[C@H]5CC(O)CNC(=O)C6C(O)C(C)CN6C(=O)C(C(O)CC(N)=O)NC(=O)C(C(O)Cc6ccc(O)c(OSOO[O-])c6)NC(=O)C6CC(O)CN6C(=O)C(C(C)O)NC5=O)cc4)nc3s2)cc1.[Na+]. The van der Waals surface area contributed by atoms with Crippen molar-refractivity contribution in [3.05, 3.63) is 84.1 Å². The molecule has 0 radical (unpaired) electrons. The molecule has 480 valence electrons. The fourth-order valence-corrected chi connectivity index (χ4v) is 11.6. The minimum atomic E-state index is -2.22. The van der Waals surface area contributed by atoms with Gasteiger partial charge in [-0.05, 0) is 67.4 Å². The zero-order valence-corrected chi connectivity index (χ0v) is 52.7. The van der Waals surface area contributed by atoms with E-state index in [9.17, 15) is 79.4 Å². The number of unbranched alkanes of at least 4 members (excludes halogenated alkanes) is 1. The van der Waals surface area contributed by atoms with Gasteiger partial charge in [0, 0.05) is 61.5 Å². The second kappa shape index (κ2) is 31.8. The van der Waals surface area contributed by atoms with Crippen LogP contribution < -0.4 is 76.1 Å². The zero-order chi connectivity index (χ0) is 64.4. The maximum Gasteiger partial charge on any atom is 1.00 e. The number of β-amino-alcohol motifs (C(OH)–C–C–N with tert-alkyl or cyclic N) is 1. The first kappa shape index (κ1) is 70.4. The Morgan fingerprint density at radius 3 is 2.19 bits per heavy atom. The fourth-order valence-electron chi connectivity index (χ4n) is 10.4. The first-order valence-corrected chi connectivity index (χ1v) is 29.7. The molecule has 0 spiro atoms. The quantitative estimate of drug-likeness (QED) is 0.0120. The van der Waals surface area contributed by atoms with E-state index in [2.05, 4.69) is 48.0 Å². The number of aliphatic hydroxyl groups is 6. The number of nitrogens with zero attached hydrogens (tertiary/aromatic N) is 5. The van der Waals surface area contributed by atoms with Gasteiger partial charge in [-0.25, -0.2) is 9.50 Å².